The molecule has 0 atom stereocenters. The molecule has 0 fully saturated rings. The Bertz CT molecular complexity index is 1830. The number of fused-ring (bicyclic) bond motifs is 5. The highest BCUT2D eigenvalue weighted by atomic mass is 15.0. The maximum absolute atomic E-state index is 4.98. The molecule has 5 nitrogen and oxygen atoms in total. The third kappa shape index (κ3) is 3.46. The van der Waals surface area contributed by atoms with Crippen molar-refractivity contribution >= 4 is 32.6 Å². The number of benzene rings is 4. The Morgan fingerprint density at radius 1 is 0.361 bits per heavy atom. The predicted octanol–water partition coefficient (Wildman–Crippen LogP) is 7.12. The molecule has 0 spiro atoms. The summed E-state index contributed by atoms with van der Waals surface area (Å²) in [6.07, 6.45) is 1.82. The summed E-state index contributed by atoms with van der Waals surface area (Å²) in [5.41, 5.74) is 4.46. The molecule has 168 valence electrons. The van der Waals surface area contributed by atoms with Crippen LogP contribution in [-0.4, -0.2) is 24.9 Å². The monoisotopic (exact) mass is 461 g/mol. The SMILES string of the molecule is c1ccc(-c2nc(-c3ccccc3)nc(-c3ccc4c(ccc5c6cccnc6ccc45)n3)n2)cc1. The zero-order valence-electron chi connectivity index (χ0n) is 19.2. The van der Waals surface area contributed by atoms with Crippen LogP contribution >= 0.6 is 0 Å². The van der Waals surface area contributed by atoms with Crippen LogP contribution in [0.5, 0.6) is 0 Å². The molecule has 3 aromatic heterocycles. The molecule has 0 saturated carbocycles. The molecule has 5 heteroatoms. The summed E-state index contributed by atoms with van der Waals surface area (Å²) in [6, 6.07) is 36.5. The third-order valence-corrected chi connectivity index (χ3v) is 6.38. The highest BCUT2D eigenvalue weighted by Crippen LogP contribution is 2.31. The maximum atomic E-state index is 4.98. The lowest BCUT2D eigenvalue weighted by Crippen LogP contribution is -2.01. The minimum atomic E-state index is 0.549. The molecule has 0 bridgehead atoms. The summed E-state index contributed by atoms with van der Waals surface area (Å²) >= 11 is 0. The minimum Gasteiger partial charge on any atom is -0.256 e. The van der Waals surface area contributed by atoms with Gasteiger partial charge in [-0.25, -0.2) is 19.9 Å². The lowest BCUT2D eigenvalue weighted by Gasteiger charge is -2.10. The van der Waals surface area contributed by atoms with Crippen molar-refractivity contribution in [2.24, 2.45) is 0 Å². The van der Waals surface area contributed by atoms with E-state index in [-0.39, 0.29) is 0 Å². The first-order valence-electron chi connectivity index (χ1n) is 11.8. The largest absolute Gasteiger partial charge is 0.256 e. The van der Waals surface area contributed by atoms with Crippen LogP contribution < -0.4 is 0 Å². The van der Waals surface area contributed by atoms with Crippen molar-refractivity contribution in [3.8, 4) is 34.3 Å². The van der Waals surface area contributed by atoms with Gasteiger partial charge in [0.15, 0.2) is 17.5 Å². The van der Waals surface area contributed by atoms with Crippen molar-refractivity contribution in [3.05, 3.63) is 115 Å². The van der Waals surface area contributed by atoms with Gasteiger partial charge >= 0.3 is 0 Å². The molecule has 0 radical (unpaired) electrons. The van der Waals surface area contributed by atoms with E-state index in [1.54, 1.807) is 0 Å². The van der Waals surface area contributed by atoms with Gasteiger partial charge in [-0.15, -0.1) is 0 Å². The maximum Gasteiger partial charge on any atom is 0.182 e. The van der Waals surface area contributed by atoms with E-state index in [1.807, 2.05) is 79.0 Å². The molecule has 4 aromatic carbocycles. The van der Waals surface area contributed by atoms with Gasteiger partial charge in [-0.1, -0.05) is 78.9 Å². The van der Waals surface area contributed by atoms with Crippen LogP contribution in [0.25, 0.3) is 66.9 Å². The summed E-state index contributed by atoms with van der Waals surface area (Å²) in [5.74, 6) is 1.80. The fraction of sp³-hybridized carbons (Fsp3) is 0. The Balaban J connectivity index is 1.42. The van der Waals surface area contributed by atoms with Crippen LogP contribution in [0.4, 0.5) is 0 Å². The van der Waals surface area contributed by atoms with Gasteiger partial charge in [0.25, 0.3) is 0 Å². The Morgan fingerprint density at radius 3 is 1.58 bits per heavy atom. The van der Waals surface area contributed by atoms with Crippen LogP contribution in [0.15, 0.2) is 115 Å². The summed E-state index contributed by atoms with van der Waals surface area (Å²) in [5, 5.41) is 4.54. The van der Waals surface area contributed by atoms with Crippen molar-refractivity contribution in [2.45, 2.75) is 0 Å². The number of nitrogens with zero attached hydrogens (tertiary/aromatic N) is 5. The molecule has 3 heterocycles. The Labute approximate surface area is 207 Å². The number of aromatic nitrogens is 5. The molecule has 7 rings (SSSR count). The molecule has 0 aliphatic carbocycles. The zero-order valence-corrected chi connectivity index (χ0v) is 19.2. The molecule has 0 N–H and O–H groups in total. The molecule has 7 aromatic rings. The highest BCUT2D eigenvalue weighted by molar-refractivity contribution is 6.16. The standard InChI is InChI=1S/C31H19N5/c1-3-8-20(9-4-1)29-34-30(21-10-5-2-6-11-21)36-31(35-29)28-18-15-25-23-13-16-26-24(12-7-19-32-26)22(23)14-17-27(25)33-28/h1-19H. The van der Waals surface area contributed by atoms with Gasteiger partial charge in [-0.2, -0.15) is 0 Å². The second-order valence-corrected chi connectivity index (χ2v) is 8.60. The molecule has 0 aliphatic heterocycles. The zero-order chi connectivity index (χ0) is 23.9. The van der Waals surface area contributed by atoms with Gasteiger partial charge < -0.3 is 0 Å². The Hall–Kier alpha value is -5.03. The highest BCUT2D eigenvalue weighted by Gasteiger charge is 2.14. The fourth-order valence-electron chi connectivity index (χ4n) is 4.63. The van der Waals surface area contributed by atoms with Crippen LogP contribution in [-0.2, 0) is 0 Å². The molecule has 0 amide bonds. The van der Waals surface area contributed by atoms with Crippen molar-refractivity contribution in [1.82, 2.24) is 24.9 Å². The molecular formula is C31H19N5. The first kappa shape index (κ1) is 20.4. The van der Waals surface area contributed by atoms with Crippen molar-refractivity contribution in [3.63, 3.8) is 0 Å². The summed E-state index contributed by atoms with van der Waals surface area (Å²) in [4.78, 5) is 23.9. The molecule has 0 saturated heterocycles. The first-order valence-corrected chi connectivity index (χ1v) is 11.8. The summed E-state index contributed by atoms with van der Waals surface area (Å²) in [6.45, 7) is 0. The van der Waals surface area contributed by atoms with Gasteiger partial charge in [0.1, 0.15) is 5.69 Å². The topological polar surface area (TPSA) is 64.5 Å². The van der Waals surface area contributed by atoms with Crippen molar-refractivity contribution in [1.29, 1.82) is 0 Å². The molecule has 0 aliphatic rings. The van der Waals surface area contributed by atoms with Gasteiger partial charge in [0, 0.05) is 28.1 Å². The van der Waals surface area contributed by atoms with Gasteiger partial charge in [0.2, 0.25) is 0 Å². The summed E-state index contributed by atoms with van der Waals surface area (Å²) < 4.78 is 0. The van der Waals surface area contributed by atoms with E-state index >= 15 is 0 Å². The number of hydrogen-bond donors (Lipinski definition) is 0. The van der Waals surface area contributed by atoms with Crippen LogP contribution in [0.1, 0.15) is 0 Å². The smallest absolute Gasteiger partial charge is 0.182 e. The Morgan fingerprint density at radius 2 is 0.917 bits per heavy atom. The minimum absolute atomic E-state index is 0.549. The van der Waals surface area contributed by atoms with Gasteiger partial charge in [0.05, 0.1) is 11.0 Å². The van der Waals surface area contributed by atoms with E-state index in [9.17, 15) is 0 Å². The third-order valence-electron chi connectivity index (χ3n) is 6.38. The lowest BCUT2D eigenvalue weighted by molar-refractivity contribution is 1.06. The van der Waals surface area contributed by atoms with E-state index in [0.717, 1.165) is 38.3 Å². The Kier molecular flexibility index (Phi) is 4.71. The van der Waals surface area contributed by atoms with E-state index in [4.69, 9.17) is 19.9 Å². The molecule has 36 heavy (non-hydrogen) atoms. The van der Waals surface area contributed by atoms with E-state index < -0.39 is 0 Å². The van der Waals surface area contributed by atoms with E-state index in [2.05, 4.69) is 41.4 Å². The number of pyridine rings is 2. The number of hydrogen-bond acceptors (Lipinski definition) is 5. The average Bonchev–Trinajstić information content (AvgIpc) is 2.97. The quantitative estimate of drug-likeness (QED) is 0.262. The normalized spacial score (nSPS) is 11.3. The number of rotatable bonds is 3. The van der Waals surface area contributed by atoms with Gasteiger partial charge in [-0.3, -0.25) is 4.98 Å². The lowest BCUT2D eigenvalue weighted by atomic mass is 10.0. The average molecular weight is 462 g/mol. The van der Waals surface area contributed by atoms with Crippen molar-refractivity contribution < 1.29 is 0 Å². The molecular weight excluding hydrogens is 442 g/mol. The van der Waals surface area contributed by atoms with Gasteiger partial charge in [-0.05, 0) is 41.1 Å². The first-order chi connectivity index (χ1) is 17.8. The van der Waals surface area contributed by atoms with Crippen LogP contribution in [0.3, 0.4) is 0 Å². The van der Waals surface area contributed by atoms with Crippen molar-refractivity contribution in [2.75, 3.05) is 0 Å². The van der Waals surface area contributed by atoms with E-state index in [1.165, 1.54) is 5.39 Å². The van der Waals surface area contributed by atoms with Crippen LogP contribution in [0, 0.1) is 0 Å². The van der Waals surface area contributed by atoms with E-state index in [0.29, 0.717) is 23.2 Å². The molecule has 0 unspecified atom stereocenters. The van der Waals surface area contributed by atoms with Crippen LogP contribution in [0.2, 0.25) is 0 Å². The predicted molar refractivity (Wildman–Crippen MR) is 144 cm³/mol. The second-order valence-electron chi connectivity index (χ2n) is 8.60. The fourth-order valence-corrected chi connectivity index (χ4v) is 4.63. The summed E-state index contributed by atoms with van der Waals surface area (Å²) in [7, 11) is 0. The second kappa shape index (κ2) is 8.32.